The number of aliphatic hydroxyl groups is 1. The van der Waals surface area contributed by atoms with Crippen molar-refractivity contribution in [3.8, 4) is 5.75 Å². The number of esters is 1. The lowest BCUT2D eigenvalue weighted by molar-refractivity contribution is -0.461. The Balaban J connectivity index is 3.21. The van der Waals surface area contributed by atoms with Gasteiger partial charge < -0.3 is 19.0 Å². The summed E-state index contributed by atoms with van der Waals surface area (Å²) in [6.07, 6.45) is -8.43. The number of aliphatic hydroxyl groups excluding tert-OH is 1. The Bertz CT molecular complexity index is 1600. The number of allylic oxidation sites excluding steroid dienone is 2. The van der Waals surface area contributed by atoms with Gasteiger partial charge in [-0.05, 0) is 61.2 Å². The molecule has 1 aromatic carbocycles. The molecule has 5 nitrogen and oxygen atoms in total. The Morgan fingerprint density at radius 1 is 0.678 bits per heavy atom. The lowest BCUT2D eigenvalue weighted by atomic mass is 9.88. The van der Waals surface area contributed by atoms with E-state index in [1.807, 2.05) is 0 Å². The Morgan fingerprint density at radius 2 is 1.12 bits per heavy atom. The van der Waals surface area contributed by atoms with Crippen LogP contribution in [-0.4, -0.2) is 86.8 Å². The molecule has 0 fully saturated rings. The summed E-state index contributed by atoms with van der Waals surface area (Å²) in [7, 11) is -3.95. The molecule has 0 spiro atoms. The van der Waals surface area contributed by atoms with E-state index in [2.05, 4.69) is 0 Å². The van der Waals surface area contributed by atoms with E-state index in [1.54, 1.807) is 33.8 Å². The highest BCUT2D eigenvalue weighted by Gasteiger charge is 2.95. The maximum atomic E-state index is 14.9. The Morgan fingerprint density at radius 3 is 1.54 bits per heavy atom. The first-order valence-electron chi connectivity index (χ1n) is 17.7. The van der Waals surface area contributed by atoms with Crippen LogP contribution in [0.3, 0.4) is 0 Å². The van der Waals surface area contributed by atoms with Crippen molar-refractivity contribution in [2.45, 2.75) is 133 Å². The van der Waals surface area contributed by atoms with Crippen LogP contribution >= 0.6 is 0 Å². The highest BCUT2D eigenvalue weighted by Crippen LogP contribution is 2.64. The maximum absolute atomic E-state index is 14.9. The standard InChI is InChI=1S/C36H45F17O5Si/c1-9-56-27(54)19-22(6)18-23(7)24(8)28(55)25-10-12-26(13-11-25)57-15-16-58-59(20(2)3,21(4)5)17-14-29(37,38)30(39,40)31(41,42)32(43,44)33(45,46)34(47,48)35(49,50)36(51,52)53/h10-13,18-21,24,28,55H,9,14-17H2,1-8H3/b22-19+,23-18+/t24-,28+/m1/s1. The fourth-order valence-electron chi connectivity index (χ4n) is 5.95. The summed E-state index contributed by atoms with van der Waals surface area (Å²) < 4.78 is 251. The molecule has 0 heterocycles. The molecule has 0 radical (unpaired) electrons. The molecule has 342 valence electrons. The minimum Gasteiger partial charge on any atom is -0.491 e. The van der Waals surface area contributed by atoms with Crippen molar-refractivity contribution < 1.29 is 98.4 Å². The number of halogens is 17. The molecule has 0 amide bonds. The number of carbonyl (C=O) groups excluding carboxylic acids is 1. The first-order chi connectivity index (χ1) is 26.4. The van der Waals surface area contributed by atoms with Gasteiger partial charge in [-0.2, -0.15) is 74.6 Å². The average Bonchev–Trinajstić information content (AvgIpc) is 3.09. The van der Waals surface area contributed by atoms with Crippen LogP contribution < -0.4 is 4.74 Å². The molecular formula is C36H45F17O5Si. The monoisotopic (exact) mass is 908 g/mol. The van der Waals surface area contributed by atoms with Crippen LogP contribution in [0.4, 0.5) is 74.6 Å². The summed E-state index contributed by atoms with van der Waals surface area (Å²) in [5.74, 6) is -57.5. The SMILES string of the molecule is CCOC(=O)/C=C(C)/C=C(\C)[C@@H](C)[C@H](O)c1ccc(OCCO[Si](CCC(F)(F)C(F)(F)C(F)(F)C(F)(F)C(F)(F)C(F)(F)C(F)(F)C(F)(F)F)(C(C)C)C(C)C)cc1. The summed E-state index contributed by atoms with van der Waals surface area (Å²) >= 11 is 0. The van der Waals surface area contributed by atoms with Gasteiger partial charge in [-0.25, -0.2) is 4.79 Å². The van der Waals surface area contributed by atoms with Crippen LogP contribution in [0.15, 0.2) is 47.6 Å². The summed E-state index contributed by atoms with van der Waals surface area (Å²) in [5.41, 5.74) is 0.00520. The van der Waals surface area contributed by atoms with Crippen LogP contribution in [0.1, 0.15) is 73.5 Å². The molecule has 0 aliphatic rings. The number of rotatable bonds is 22. The third-order valence-corrected chi connectivity index (χ3v) is 15.5. The molecule has 0 aromatic heterocycles. The van der Waals surface area contributed by atoms with Crippen LogP contribution in [0.2, 0.25) is 17.1 Å². The molecule has 2 atom stereocenters. The van der Waals surface area contributed by atoms with Gasteiger partial charge in [0.2, 0.25) is 0 Å². The number of benzene rings is 1. The fraction of sp³-hybridized carbons (Fsp3) is 0.694. The summed E-state index contributed by atoms with van der Waals surface area (Å²) in [6.45, 7) is 11.4. The second kappa shape index (κ2) is 18.9. The number of alkyl halides is 17. The minimum absolute atomic E-state index is 0.170. The van der Waals surface area contributed by atoms with E-state index in [-0.39, 0.29) is 19.0 Å². The van der Waals surface area contributed by atoms with Crippen LogP contribution in [-0.2, 0) is 14.0 Å². The number of hydrogen-bond donors (Lipinski definition) is 1. The molecule has 59 heavy (non-hydrogen) atoms. The van der Waals surface area contributed by atoms with Crippen molar-refractivity contribution in [2.75, 3.05) is 19.8 Å². The highest BCUT2D eigenvalue weighted by atomic mass is 28.4. The molecule has 0 bridgehead atoms. The number of ether oxygens (including phenoxy) is 2. The van der Waals surface area contributed by atoms with Gasteiger partial charge >= 0.3 is 53.6 Å². The van der Waals surface area contributed by atoms with Crippen molar-refractivity contribution in [1.82, 2.24) is 0 Å². The zero-order chi connectivity index (χ0) is 46.6. The van der Waals surface area contributed by atoms with Gasteiger partial charge in [0.05, 0.1) is 19.3 Å². The van der Waals surface area contributed by atoms with Crippen molar-refractivity contribution in [1.29, 1.82) is 0 Å². The van der Waals surface area contributed by atoms with Gasteiger partial charge in [0, 0.05) is 18.4 Å². The summed E-state index contributed by atoms with van der Waals surface area (Å²) in [6, 6.07) is 4.53. The molecule has 0 saturated heterocycles. The van der Waals surface area contributed by atoms with E-state index in [0.717, 1.165) is 0 Å². The van der Waals surface area contributed by atoms with E-state index in [4.69, 9.17) is 13.9 Å². The topological polar surface area (TPSA) is 65.0 Å². The van der Waals surface area contributed by atoms with Crippen LogP contribution in [0.25, 0.3) is 0 Å². The second-order valence-corrected chi connectivity index (χ2v) is 19.4. The molecule has 0 aliphatic carbocycles. The summed E-state index contributed by atoms with van der Waals surface area (Å²) in [5, 5.41) is 10.9. The van der Waals surface area contributed by atoms with E-state index in [0.29, 0.717) is 16.7 Å². The van der Waals surface area contributed by atoms with Gasteiger partial charge in [0.15, 0.2) is 8.32 Å². The van der Waals surface area contributed by atoms with Crippen LogP contribution in [0, 0.1) is 5.92 Å². The molecule has 0 saturated carbocycles. The maximum Gasteiger partial charge on any atom is 0.460 e. The van der Waals surface area contributed by atoms with Gasteiger partial charge in [-0.1, -0.05) is 58.4 Å². The predicted molar refractivity (Wildman–Crippen MR) is 182 cm³/mol. The highest BCUT2D eigenvalue weighted by molar-refractivity contribution is 6.76. The first kappa shape index (κ1) is 53.9. The molecule has 0 aliphatic heterocycles. The zero-order valence-corrected chi connectivity index (χ0v) is 33.8. The second-order valence-electron chi connectivity index (χ2n) is 14.4. The molecule has 1 aromatic rings. The molecular weight excluding hydrogens is 863 g/mol. The largest absolute Gasteiger partial charge is 0.491 e. The molecule has 23 heteroatoms. The molecule has 0 unspecified atom stereocenters. The molecule has 1 N–H and O–H groups in total. The third kappa shape index (κ3) is 10.7. The van der Waals surface area contributed by atoms with Crippen molar-refractivity contribution in [2.24, 2.45) is 5.92 Å². The Labute approximate surface area is 330 Å². The van der Waals surface area contributed by atoms with Gasteiger partial charge in [-0.15, -0.1) is 0 Å². The quantitative estimate of drug-likeness (QED) is 0.0314. The van der Waals surface area contributed by atoms with Crippen molar-refractivity contribution in [3.05, 3.63) is 53.1 Å². The van der Waals surface area contributed by atoms with E-state index < -0.39 is 104 Å². The Kier molecular flexibility index (Phi) is 17.3. The lowest BCUT2D eigenvalue weighted by Crippen LogP contribution is -2.74. The fourth-order valence-corrected chi connectivity index (χ4v) is 10.4. The first-order valence-corrected chi connectivity index (χ1v) is 19.9. The van der Waals surface area contributed by atoms with Gasteiger partial charge in [0.1, 0.15) is 12.4 Å². The van der Waals surface area contributed by atoms with E-state index >= 15 is 0 Å². The predicted octanol–water partition coefficient (Wildman–Crippen LogP) is 12.4. The number of carbonyl (C=O) groups is 1. The smallest absolute Gasteiger partial charge is 0.460 e. The zero-order valence-electron chi connectivity index (χ0n) is 32.8. The van der Waals surface area contributed by atoms with Gasteiger partial charge in [-0.3, -0.25) is 0 Å². The number of hydrogen-bond acceptors (Lipinski definition) is 5. The van der Waals surface area contributed by atoms with E-state index in [9.17, 15) is 84.5 Å². The van der Waals surface area contributed by atoms with Crippen molar-refractivity contribution in [3.63, 3.8) is 0 Å². The third-order valence-electron chi connectivity index (χ3n) is 9.80. The van der Waals surface area contributed by atoms with E-state index in [1.165, 1.54) is 58.0 Å². The minimum atomic E-state index is -8.68. The summed E-state index contributed by atoms with van der Waals surface area (Å²) in [4.78, 5) is 11.7. The average molecular weight is 909 g/mol. The van der Waals surface area contributed by atoms with Gasteiger partial charge in [0.25, 0.3) is 0 Å². The molecule has 1 rings (SSSR count). The normalized spacial score (nSPS) is 16.1. The lowest BCUT2D eigenvalue weighted by Gasteiger charge is -2.44. The van der Waals surface area contributed by atoms with Crippen molar-refractivity contribution >= 4 is 14.3 Å². The Hall–Kier alpha value is -3.08. The van der Waals surface area contributed by atoms with Crippen LogP contribution in [0.5, 0.6) is 5.75 Å².